The number of rotatable bonds is 14. The van der Waals surface area contributed by atoms with Crippen LogP contribution in [-0.2, 0) is 22.7 Å². The van der Waals surface area contributed by atoms with Gasteiger partial charge in [-0.25, -0.2) is 18.2 Å². The summed E-state index contributed by atoms with van der Waals surface area (Å²) < 4.78 is 58.5. The predicted octanol–water partition coefficient (Wildman–Crippen LogP) is 6.62. The molecular formula is C40H51F3N6O3S. The van der Waals surface area contributed by atoms with Crippen LogP contribution in [-0.4, -0.2) is 103 Å². The number of allylic oxidation sites excluding steroid dienone is 2. The third-order valence-corrected chi connectivity index (χ3v) is 12.8. The maximum Gasteiger partial charge on any atom is 0.139 e. The van der Waals surface area contributed by atoms with Gasteiger partial charge in [-0.3, -0.25) is 9.80 Å². The van der Waals surface area contributed by atoms with E-state index in [1.165, 1.54) is 6.08 Å². The quantitative estimate of drug-likeness (QED) is 0.126. The lowest BCUT2D eigenvalue weighted by Gasteiger charge is -2.43. The molecule has 4 fully saturated rings. The summed E-state index contributed by atoms with van der Waals surface area (Å²) in [5.41, 5.74) is 10.5. The molecule has 4 aliphatic heterocycles. The number of ether oxygens (including phenoxy) is 2. The summed E-state index contributed by atoms with van der Waals surface area (Å²) in [6, 6.07) is 4.05. The molecule has 0 radical (unpaired) electrons. The minimum atomic E-state index is -0.735. The number of likely N-dealkylation sites (tertiary alicyclic amines) is 2. The number of alkyl halides is 1. The number of anilines is 1. The third-order valence-electron chi connectivity index (χ3n) is 11.8. The standard InChI is InChI=1S/C40H51F3N6O3S/c1-4-24(3)34(36-29(14-44)38(45)53-37(36)32(42)5-2)35-31-20-51-19-30(31)28(13-33(35)43)39(49-26-7-8-27(49)18-47(17-26)11-6-12-50)46-23-52-22-40(9-10-40)21-48-15-25(41)16-48/h5,13,25-27,50H,4,6-12,15-23,45H2,1-3H3/b32-5+,34-24+,46-39+. The Morgan fingerprint density at radius 1 is 1.17 bits per heavy atom. The fraction of sp³-hybridized carbons (Fsp3) is 0.600. The highest BCUT2D eigenvalue weighted by Crippen LogP contribution is 2.48. The monoisotopic (exact) mass is 752 g/mol. The number of nitrogens with zero attached hydrogens (tertiary/aromatic N) is 5. The minimum absolute atomic E-state index is 0.0362. The lowest BCUT2D eigenvalue weighted by atomic mass is 9.84. The number of nitriles is 1. The van der Waals surface area contributed by atoms with Gasteiger partial charge in [0, 0.05) is 80.1 Å². The van der Waals surface area contributed by atoms with Crippen molar-refractivity contribution in [2.24, 2.45) is 10.4 Å². The summed E-state index contributed by atoms with van der Waals surface area (Å²) in [5.74, 6) is -0.319. The van der Waals surface area contributed by atoms with E-state index in [4.69, 9.17) is 20.2 Å². The number of nitrogens with two attached hydrogens (primary N) is 1. The molecule has 286 valence electrons. The molecule has 5 heterocycles. The van der Waals surface area contributed by atoms with Gasteiger partial charge in [-0.05, 0) is 75.1 Å². The number of aliphatic imine (C=N–C) groups is 1. The molecule has 1 aliphatic carbocycles. The van der Waals surface area contributed by atoms with Crippen molar-refractivity contribution in [3.63, 3.8) is 0 Å². The van der Waals surface area contributed by atoms with E-state index in [-0.39, 0.29) is 59.5 Å². The van der Waals surface area contributed by atoms with Crippen molar-refractivity contribution in [1.82, 2.24) is 14.7 Å². The molecule has 2 unspecified atom stereocenters. The molecule has 5 aliphatic rings. The topological polar surface area (TPSA) is 111 Å². The van der Waals surface area contributed by atoms with Gasteiger partial charge in [0.15, 0.2) is 0 Å². The summed E-state index contributed by atoms with van der Waals surface area (Å²) >= 11 is 1.000. The Kier molecular flexibility index (Phi) is 11.4. The van der Waals surface area contributed by atoms with E-state index in [0.717, 1.165) is 74.3 Å². The first kappa shape index (κ1) is 38.0. The molecular weight excluding hydrogens is 702 g/mol. The number of hydrogen-bond donors (Lipinski definition) is 2. The van der Waals surface area contributed by atoms with Gasteiger partial charge in [0.25, 0.3) is 0 Å². The number of fused-ring (bicyclic) bond motifs is 3. The zero-order valence-electron chi connectivity index (χ0n) is 31.0. The van der Waals surface area contributed by atoms with Crippen LogP contribution in [0, 0.1) is 22.6 Å². The molecule has 3 N–H and O–H groups in total. The molecule has 0 amide bonds. The molecule has 1 saturated carbocycles. The zero-order chi connectivity index (χ0) is 37.4. The fourth-order valence-corrected chi connectivity index (χ4v) is 9.73. The van der Waals surface area contributed by atoms with Crippen molar-refractivity contribution < 1.29 is 27.8 Å². The van der Waals surface area contributed by atoms with Gasteiger partial charge in [0.1, 0.15) is 41.5 Å². The number of thiophene rings is 1. The molecule has 53 heavy (non-hydrogen) atoms. The van der Waals surface area contributed by atoms with Crippen LogP contribution in [0.15, 0.2) is 22.7 Å². The number of benzene rings is 1. The van der Waals surface area contributed by atoms with Crippen molar-refractivity contribution in [2.75, 3.05) is 64.9 Å². The van der Waals surface area contributed by atoms with Crippen molar-refractivity contribution in [3.8, 4) is 6.07 Å². The molecule has 2 aromatic rings. The number of piperazine rings is 1. The first-order chi connectivity index (χ1) is 25.6. The smallest absolute Gasteiger partial charge is 0.139 e. The Hall–Kier alpha value is -3.25. The van der Waals surface area contributed by atoms with E-state index in [9.17, 15) is 14.8 Å². The SMILES string of the molecule is C/C=C(/F)c1sc(N)c(C#N)c1/C(=C(\C)CC)c1c(F)cc(/C(=N\COCC2(CN3CC(F)C3)CC2)N2C3CCC2CN(CCCO)C3)c2c1COC2. The van der Waals surface area contributed by atoms with Gasteiger partial charge in [-0.2, -0.15) is 5.26 Å². The molecule has 1 aromatic carbocycles. The third kappa shape index (κ3) is 7.43. The van der Waals surface area contributed by atoms with Crippen molar-refractivity contribution in [2.45, 2.75) is 90.8 Å². The Balaban J connectivity index is 1.28. The first-order valence-corrected chi connectivity index (χ1v) is 19.8. The Bertz CT molecular complexity index is 1830. The van der Waals surface area contributed by atoms with Gasteiger partial charge >= 0.3 is 0 Å². The van der Waals surface area contributed by atoms with Crippen molar-refractivity contribution in [3.05, 3.63) is 61.8 Å². The maximum absolute atomic E-state index is 17.2. The van der Waals surface area contributed by atoms with Crippen LogP contribution in [0.5, 0.6) is 0 Å². The van der Waals surface area contributed by atoms with Crippen molar-refractivity contribution >= 4 is 33.6 Å². The second-order valence-corrected chi connectivity index (χ2v) is 16.5. The highest BCUT2D eigenvalue weighted by molar-refractivity contribution is 7.17. The van der Waals surface area contributed by atoms with E-state index in [2.05, 4.69) is 20.8 Å². The zero-order valence-corrected chi connectivity index (χ0v) is 31.8. The molecule has 7 rings (SSSR count). The largest absolute Gasteiger partial charge is 0.396 e. The van der Waals surface area contributed by atoms with Crippen LogP contribution in [0.1, 0.15) is 97.6 Å². The Morgan fingerprint density at radius 2 is 1.89 bits per heavy atom. The van der Waals surface area contributed by atoms with Gasteiger partial charge in [0.05, 0.1) is 30.3 Å². The number of halogens is 3. The summed E-state index contributed by atoms with van der Waals surface area (Å²) in [7, 11) is 0. The average molecular weight is 753 g/mol. The van der Waals surface area contributed by atoms with E-state index >= 15 is 8.78 Å². The van der Waals surface area contributed by atoms with E-state index in [1.54, 1.807) is 13.0 Å². The van der Waals surface area contributed by atoms with Gasteiger partial charge in [-0.15, -0.1) is 11.3 Å². The summed E-state index contributed by atoms with van der Waals surface area (Å²) in [4.78, 5) is 12.3. The normalized spacial score (nSPS) is 23.6. The van der Waals surface area contributed by atoms with Crippen LogP contribution >= 0.6 is 11.3 Å². The Labute approximate surface area is 314 Å². The Morgan fingerprint density at radius 3 is 2.51 bits per heavy atom. The summed E-state index contributed by atoms with van der Waals surface area (Å²) in [6.45, 7) is 10.9. The second-order valence-electron chi connectivity index (χ2n) is 15.4. The maximum atomic E-state index is 17.2. The number of aliphatic hydroxyl groups excluding tert-OH is 1. The lowest BCUT2D eigenvalue weighted by molar-refractivity contribution is 0.0192. The highest BCUT2D eigenvalue weighted by Gasteiger charge is 2.47. The van der Waals surface area contributed by atoms with Gasteiger partial charge in [0.2, 0.25) is 0 Å². The molecule has 13 heteroatoms. The van der Waals surface area contributed by atoms with Crippen molar-refractivity contribution in [1.29, 1.82) is 5.26 Å². The van der Waals surface area contributed by atoms with Gasteiger partial charge < -0.3 is 25.2 Å². The lowest BCUT2D eigenvalue weighted by Crippen LogP contribution is -2.56. The second kappa shape index (κ2) is 15.8. The molecule has 9 nitrogen and oxygen atoms in total. The molecule has 3 saturated heterocycles. The molecule has 2 bridgehead atoms. The van der Waals surface area contributed by atoms with E-state index in [1.807, 2.05) is 13.8 Å². The number of nitrogen functional groups attached to an aromatic ring is 1. The van der Waals surface area contributed by atoms with Crippen LogP contribution in [0.25, 0.3) is 11.4 Å². The van der Waals surface area contributed by atoms with Crippen LogP contribution in [0.3, 0.4) is 0 Å². The van der Waals surface area contributed by atoms with E-state index < -0.39 is 17.8 Å². The van der Waals surface area contributed by atoms with Crippen LogP contribution in [0.4, 0.5) is 18.2 Å². The average Bonchev–Trinajstić information content (AvgIpc) is 3.43. The summed E-state index contributed by atoms with van der Waals surface area (Å²) in [5, 5.41) is 19.9. The minimum Gasteiger partial charge on any atom is -0.396 e. The summed E-state index contributed by atoms with van der Waals surface area (Å²) in [6.07, 6.45) is 5.91. The molecule has 0 spiro atoms. The first-order valence-electron chi connectivity index (χ1n) is 19.0. The fourth-order valence-electron chi connectivity index (χ4n) is 8.74. The van der Waals surface area contributed by atoms with Crippen LogP contribution < -0.4 is 5.73 Å². The van der Waals surface area contributed by atoms with Gasteiger partial charge in [-0.1, -0.05) is 18.6 Å². The highest BCUT2D eigenvalue weighted by atomic mass is 32.1. The molecule has 2 atom stereocenters. The predicted molar refractivity (Wildman–Crippen MR) is 202 cm³/mol. The van der Waals surface area contributed by atoms with Crippen LogP contribution in [0.2, 0.25) is 0 Å². The van der Waals surface area contributed by atoms with E-state index in [0.29, 0.717) is 66.2 Å². The number of aliphatic hydroxyl groups is 1. The number of hydrogen-bond acceptors (Lipinski definition) is 9. The number of amidine groups is 1. The molecule has 1 aromatic heterocycles.